The van der Waals surface area contributed by atoms with Gasteiger partial charge in [0.15, 0.2) is 5.13 Å². The maximum absolute atomic E-state index is 12.9. The largest absolute Gasteiger partial charge is 0.492 e. The summed E-state index contributed by atoms with van der Waals surface area (Å²) in [6.45, 7) is 5.04. The van der Waals surface area contributed by atoms with Crippen molar-refractivity contribution in [1.29, 1.82) is 0 Å². The van der Waals surface area contributed by atoms with Crippen molar-refractivity contribution in [2.45, 2.75) is 19.8 Å². The number of allylic oxidation sites excluding steroid dienone is 2. The first kappa shape index (κ1) is 28.8. The summed E-state index contributed by atoms with van der Waals surface area (Å²) in [6, 6.07) is 15.4. The number of hydrogen-bond donors (Lipinski definition) is 2. The van der Waals surface area contributed by atoms with Gasteiger partial charge in [-0.1, -0.05) is 18.2 Å². The van der Waals surface area contributed by atoms with Crippen LogP contribution in [0.15, 0.2) is 76.5 Å². The van der Waals surface area contributed by atoms with E-state index in [0.717, 1.165) is 29.1 Å². The van der Waals surface area contributed by atoms with Crippen LogP contribution in [0.5, 0.6) is 5.75 Å². The number of benzene rings is 2. The monoisotopic (exact) mass is 562 g/mol. The summed E-state index contributed by atoms with van der Waals surface area (Å²) in [5, 5.41) is 9.19. The number of nitrogens with one attached hydrogen (secondary N) is 2. The molecular formula is C30H34N4O5S. The Labute approximate surface area is 238 Å². The summed E-state index contributed by atoms with van der Waals surface area (Å²) < 4.78 is 16.0. The number of thiazole rings is 1. The number of esters is 2. The predicted octanol–water partition coefficient (Wildman–Crippen LogP) is 5.07. The molecule has 2 N–H and O–H groups in total. The lowest BCUT2D eigenvalue weighted by Crippen LogP contribution is -2.32. The average Bonchev–Trinajstić information content (AvgIpc) is 3.41. The number of nitrogens with zero attached hydrogens (tertiary/aromatic N) is 2. The third kappa shape index (κ3) is 6.35. The van der Waals surface area contributed by atoms with Gasteiger partial charge >= 0.3 is 11.9 Å². The molecule has 2 heterocycles. The molecule has 0 fully saturated rings. The smallest absolute Gasteiger partial charge is 0.336 e. The summed E-state index contributed by atoms with van der Waals surface area (Å²) >= 11 is 1.46. The first-order chi connectivity index (χ1) is 19.2. The molecule has 4 rings (SSSR count). The maximum atomic E-state index is 12.9. The fraction of sp³-hybridized carbons (Fsp3) is 0.300. The van der Waals surface area contributed by atoms with E-state index >= 15 is 0 Å². The fourth-order valence-electron chi connectivity index (χ4n) is 4.58. The Hall–Kier alpha value is -4.15. The highest BCUT2D eigenvalue weighted by atomic mass is 32.1. The zero-order chi connectivity index (χ0) is 28.8. The fourth-order valence-corrected chi connectivity index (χ4v) is 5.31. The first-order valence-electron chi connectivity index (χ1n) is 12.8. The second kappa shape index (κ2) is 12.8. The molecule has 0 unspecified atom stereocenters. The molecule has 1 aliphatic rings. The van der Waals surface area contributed by atoms with E-state index in [1.807, 2.05) is 68.0 Å². The number of aromatic nitrogens is 1. The molecule has 0 spiro atoms. The number of likely N-dealkylation sites (N-methyl/N-ethyl adjacent to an activating group) is 1. The normalized spacial score (nSPS) is 13.8. The minimum atomic E-state index is -0.704. The van der Waals surface area contributed by atoms with Crippen LogP contribution >= 0.6 is 11.3 Å². The molecule has 0 atom stereocenters. The van der Waals surface area contributed by atoms with Gasteiger partial charge in [-0.25, -0.2) is 14.6 Å². The van der Waals surface area contributed by atoms with E-state index in [2.05, 4.69) is 15.5 Å². The number of dihydropyridines is 1. The minimum Gasteiger partial charge on any atom is -0.492 e. The highest BCUT2D eigenvalue weighted by molar-refractivity contribution is 7.14. The summed E-state index contributed by atoms with van der Waals surface area (Å²) in [6.07, 6.45) is 0. The number of para-hydroxylation sites is 1. The lowest BCUT2D eigenvalue weighted by molar-refractivity contribution is -0.137. The number of methoxy groups -OCH3 is 2. The molecule has 0 bridgehead atoms. The Kier molecular flexibility index (Phi) is 9.23. The molecular weight excluding hydrogens is 528 g/mol. The van der Waals surface area contributed by atoms with E-state index in [1.54, 1.807) is 13.8 Å². The minimum absolute atomic E-state index is 0.343. The van der Waals surface area contributed by atoms with Crippen molar-refractivity contribution < 1.29 is 23.8 Å². The van der Waals surface area contributed by atoms with Crippen LogP contribution in [0.1, 0.15) is 25.3 Å². The molecule has 1 aromatic heterocycles. The zero-order valence-corrected chi connectivity index (χ0v) is 24.3. The lowest BCUT2D eigenvalue weighted by Gasteiger charge is -2.31. The maximum Gasteiger partial charge on any atom is 0.336 e. The number of anilines is 2. The standard InChI is InChI=1S/C30H34N4O5S/c1-18-25(28(35)37-5)27(26(19(2)31-18)29(36)38-6)22-9-7-8-10-23(22)32-30-33-24(17-40-30)20-11-13-21(14-12-20)39-16-15-34(3)4/h7-14,17,27,31H,15-16H2,1-6H3,(H,32,33). The van der Waals surface area contributed by atoms with Crippen molar-refractivity contribution in [1.82, 2.24) is 15.2 Å². The number of carbonyl (C=O) groups excluding carboxylic acids is 2. The Morgan fingerprint density at radius 2 is 1.60 bits per heavy atom. The highest BCUT2D eigenvalue weighted by Crippen LogP contribution is 2.43. The van der Waals surface area contributed by atoms with Gasteiger partial charge in [-0.05, 0) is 63.8 Å². The van der Waals surface area contributed by atoms with Crippen molar-refractivity contribution in [3.63, 3.8) is 0 Å². The van der Waals surface area contributed by atoms with Crippen molar-refractivity contribution in [3.05, 3.63) is 82.0 Å². The van der Waals surface area contributed by atoms with E-state index in [-0.39, 0.29) is 0 Å². The van der Waals surface area contributed by atoms with Gasteiger partial charge in [-0.15, -0.1) is 11.3 Å². The number of hydrogen-bond acceptors (Lipinski definition) is 10. The van der Waals surface area contributed by atoms with Crippen molar-refractivity contribution in [2.24, 2.45) is 0 Å². The summed E-state index contributed by atoms with van der Waals surface area (Å²) in [5.74, 6) is -0.942. The van der Waals surface area contributed by atoms with Gasteiger partial charge in [0.25, 0.3) is 0 Å². The van der Waals surface area contributed by atoms with E-state index in [1.165, 1.54) is 25.6 Å². The van der Waals surface area contributed by atoms with Crippen LogP contribution in [0.4, 0.5) is 10.8 Å². The molecule has 210 valence electrons. The van der Waals surface area contributed by atoms with Crippen LogP contribution in [0, 0.1) is 0 Å². The lowest BCUT2D eigenvalue weighted by atomic mass is 9.79. The van der Waals surface area contributed by atoms with Crippen LogP contribution in [0.3, 0.4) is 0 Å². The van der Waals surface area contributed by atoms with Gasteiger partial charge in [0.2, 0.25) is 0 Å². The topological polar surface area (TPSA) is 102 Å². The van der Waals surface area contributed by atoms with Gasteiger partial charge in [0, 0.05) is 34.6 Å². The molecule has 10 heteroatoms. The Morgan fingerprint density at radius 1 is 0.975 bits per heavy atom. The zero-order valence-electron chi connectivity index (χ0n) is 23.5. The molecule has 9 nitrogen and oxygen atoms in total. The van der Waals surface area contributed by atoms with Crippen molar-refractivity contribution >= 4 is 34.1 Å². The van der Waals surface area contributed by atoms with Crippen molar-refractivity contribution in [3.8, 4) is 17.0 Å². The number of ether oxygens (including phenoxy) is 3. The third-order valence-electron chi connectivity index (χ3n) is 6.55. The van der Waals surface area contributed by atoms with E-state index in [4.69, 9.17) is 19.2 Å². The van der Waals surface area contributed by atoms with E-state index in [0.29, 0.717) is 40.0 Å². The van der Waals surface area contributed by atoms with Gasteiger partial charge in [-0.3, -0.25) is 0 Å². The summed E-state index contributed by atoms with van der Waals surface area (Å²) in [4.78, 5) is 32.7. The van der Waals surface area contributed by atoms with Crippen LogP contribution in [-0.2, 0) is 19.1 Å². The SMILES string of the molecule is COC(=O)C1=C(C)NC(C)=C(C(=O)OC)C1c1ccccc1Nc1nc(-c2ccc(OCCN(C)C)cc2)cs1. The third-order valence-corrected chi connectivity index (χ3v) is 7.30. The van der Waals surface area contributed by atoms with Crippen LogP contribution < -0.4 is 15.4 Å². The molecule has 3 aromatic rings. The quantitative estimate of drug-likeness (QED) is 0.328. The average molecular weight is 563 g/mol. The second-order valence-electron chi connectivity index (χ2n) is 9.54. The molecule has 1 aliphatic heterocycles. The summed E-state index contributed by atoms with van der Waals surface area (Å²) in [5.41, 5.74) is 5.14. The molecule has 2 aromatic carbocycles. The molecule has 0 saturated heterocycles. The molecule has 0 aliphatic carbocycles. The highest BCUT2D eigenvalue weighted by Gasteiger charge is 2.38. The Balaban J connectivity index is 1.63. The second-order valence-corrected chi connectivity index (χ2v) is 10.4. The van der Waals surface area contributed by atoms with Crippen LogP contribution in [0.2, 0.25) is 0 Å². The van der Waals surface area contributed by atoms with Gasteiger partial charge in [-0.2, -0.15) is 0 Å². The molecule has 0 saturated carbocycles. The van der Waals surface area contributed by atoms with Crippen LogP contribution in [-0.4, -0.2) is 63.3 Å². The van der Waals surface area contributed by atoms with E-state index < -0.39 is 17.9 Å². The molecule has 0 amide bonds. The van der Waals surface area contributed by atoms with Gasteiger partial charge in [0.05, 0.1) is 37.0 Å². The van der Waals surface area contributed by atoms with Crippen molar-refractivity contribution in [2.75, 3.05) is 46.8 Å². The Morgan fingerprint density at radius 3 is 2.20 bits per heavy atom. The number of rotatable bonds is 10. The van der Waals surface area contributed by atoms with Crippen LogP contribution in [0.25, 0.3) is 11.3 Å². The van der Waals surface area contributed by atoms with Gasteiger partial charge in [0.1, 0.15) is 12.4 Å². The van der Waals surface area contributed by atoms with E-state index in [9.17, 15) is 9.59 Å². The molecule has 0 radical (unpaired) electrons. The van der Waals surface area contributed by atoms with Gasteiger partial charge < -0.3 is 29.7 Å². The predicted molar refractivity (Wildman–Crippen MR) is 157 cm³/mol. The first-order valence-corrected chi connectivity index (χ1v) is 13.7. The summed E-state index contributed by atoms with van der Waals surface area (Å²) in [7, 11) is 6.67. The molecule has 40 heavy (non-hydrogen) atoms. The number of carbonyl (C=O) groups is 2. The Bertz CT molecular complexity index is 1400.